The summed E-state index contributed by atoms with van der Waals surface area (Å²) in [6.07, 6.45) is 2.05. The molecule has 2 fully saturated rings. The van der Waals surface area contributed by atoms with E-state index in [0.29, 0.717) is 36.4 Å². The zero-order valence-corrected chi connectivity index (χ0v) is 16.0. The van der Waals surface area contributed by atoms with E-state index in [1.807, 2.05) is 0 Å². The molecule has 1 aliphatic heterocycles. The summed E-state index contributed by atoms with van der Waals surface area (Å²) < 4.78 is 35.4. The van der Waals surface area contributed by atoms with Crippen molar-refractivity contribution in [3.8, 4) is 11.5 Å². The molecule has 1 aromatic carbocycles. The summed E-state index contributed by atoms with van der Waals surface area (Å²) in [7, 11) is -0.640. The third-order valence-corrected chi connectivity index (χ3v) is 7.28. The fourth-order valence-electron chi connectivity index (χ4n) is 4.02. The second kappa shape index (κ2) is 7.44. The van der Waals surface area contributed by atoms with Gasteiger partial charge in [-0.25, -0.2) is 8.42 Å². The summed E-state index contributed by atoms with van der Waals surface area (Å²) >= 11 is 0. The van der Waals surface area contributed by atoms with Crippen LogP contribution in [0.1, 0.15) is 19.3 Å². The first-order valence-electron chi connectivity index (χ1n) is 8.84. The molecule has 3 atom stereocenters. The van der Waals surface area contributed by atoms with Gasteiger partial charge in [0.15, 0.2) is 21.3 Å². The molecule has 3 rings (SSSR count). The number of fused-ring (bicyclic) bond motifs is 1. The van der Waals surface area contributed by atoms with Gasteiger partial charge in [0, 0.05) is 31.6 Å². The van der Waals surface area contributed by atoms with Crippen LogP contribution in [0.5, 0.6) is 11.5 Å². The number of benzene rings is 1. The maximum Gasteiger partial charge on any atom is 0.223 e. The number of methoxy groups -OCH3 is 2. The second-order valence-corrected chi connectivity index (χ2v) is 9.16. The predicted molar refractivity (Wildman–Crippen MR) is 97.0 cm³/mol. The van der Waals surface area contributed by atoms with E-state index in [1.54, 1.807) is 11.0 Å². The van der Waals surface area contributed by atoms with E-state index in [2.05, 4.69) is 0 Å². The fraction of sp³-hybridized carbons (Fsp3) is 0.611. The number of sulfone groups is 1. The minimum atomic E-state index is -3.58. The third-order valence-electron chi connectivity index (χ3n) is 5.56. The van der Waals surface area contributed by atoms with Crippen LogP contribution in [0.2, 0.25) is 0 Å². The molecule has 0 radical (unpaired) electrons. The molecule has 0 aromatic heterocycles. The largest absolute Gasteiger partial charge is 0.493 e. The lowest BCUT2D eigenvalue weighted by Gasteiger charge is -2.19. The van der Waals surface area contributed by atoms with Crippen molar-refractivity contribution in [1.82, 2.24) is 4.90 Å². The topological polar surface area (TPSA) is 98.9 Å². The highest BCUT2D eigenvalue weighted by atomic mass is 32.2. The number of carbonyl (C=O) groups excluding carboxylic acids is 1. The van der Waals surface area contributed by atoms with Crippen molar-refractivity contribution >= 4 is 15.7 Å². The van der Waals surface area contributed by atoms with E-state index >= 15 is 0 Å². The Morgan fingerprint density at radius 2 is 1.92 bits per heavy atom. The third kappa shape index (κ3) is 3.66. The highest BCUT2D eigenvalue weighted by Gasteiger charge is 2.42. The number of likely N-dealkylation sites (tertiary alicyclic amines) is 1. The van der Waals surface area contributed by atoms with Gasteiger partial charge in [-0.1, -0.05) is 0 Å². The summed E-state index contributed by atoms with van der Waals surface area (Å²) in [6.45, 7) is 1.36. The molecule has 0 spiro atoms. The van der Waals surface area contributed by atoms with Gasteiger partial charge in [0.25, 0.3) is 0 Å². The number of rotatable bonds is 6. The number of nitrogens with zero attached hydrogens (tertiary/aromatic N) is 1. The molecule has 7 nitrogen and oxygen atoms in total. The van der Waals surface area contributed by atoms with Gasteiger partial charge in [-0.05, 0) is 36.8 Å². The van der Waals surface area contributed by atoms with E-state index < -0.39 is 9.84 Å². The molecule has 2 N–H and O–H groups in total. The predicted octanol–water partition coefficient (Wildman–Crippen LogP) is 1.06. The van der Waals surface area contributed by atoms with Gasteiger partial charge < -0.3 is 20.1 Å². The van der Waals surface area contributed by atoms with Gasteiger partial charge in [0.2, 0.25) is 5.91 Å². The molecular formula is C18H26N2O5S. The molecule has 8 heteroatoms. The average Bonchev–Trinajstić information content (AvgIpc) is 3.21. The number of ether oxygens (including phenoxy) is 2. The Kier molecular flexibility index (Phi) is 5.43. The molecule has 0 bridgehead atoms. The molecule has 1 saturated carbocycles. The van der Waals surface area contributed by atoms with Gasteiger partial charge in [-0.2, -0.15) is 0 Å². The maximum atomic E-state index is 12.6. The Balaban J connectivity index is 1.62. The van der Waals surface area contributed by atoms with Crippen LogP contribution >= 0.6 is 0 Å². The van der Waals surface area contributed by atoms with Crippen molar-refractivity contribution in [2.45, 2.75) is 30.2 Å². The SMILES string of the molecule is COc1ccc(S(=O)(=O)CCC(=O)N2CC3CCC(N)C3C2)cc1OC. The van der Waals surface area contributed by atoms with Crippen LogP contribution in [0.25, 0.3) is 0 Å². The molecule has 1 aromatic rings. The van der Waals surface area contributed by atoms with E-state index in [0.717, 1.165) is 12.8 Å². The van der Waals surface area contributed by atoms with Crippen molar-refractivity contribution < 1.29 is 22.7 Å². The summed E-state index contributed by atoms with van der Waals surface area (Å²) in [5.74, 6) is 1.30. The summed E-state index contributed by atoms with van der Waals surface area (Å²) in [5, 5.41) is 0. The molecule has 1 heterocycles. The number of amides is 1. The Morgan fingerprint density at radius 1 is 1.19 bits per heavy atom. The van der Waals surface area contributed by atoms with Crippen molar-refractivity contribution in [2.24, 2.45) is 17.6 Å². The molecule has 144 valence electrons. The Bertz CT molecular complexity index is 780. The average molecular weight is 382 g/mol. The first-order chi connectivity index (χ1) is 12.4. The normalized spacial score (nSPS) is 25.2. The number of nitrogens with two attached hydrogens (primary N) is 1. The summed E-state index contributed by atoms with van der Waals surface area (Å²) in [6, 6.07) is 4.61. The summed E-state index contributed by atoms with van der Waals surface area (Å²) in [4.78, 5) is 14.4. The number of hydrogen-bond donors (Lipinski definition) is 1. The van der Waals surface area contributed by atoms with Crippen LogP contribution in [0.3, 0.4) is 0 Å². The van der Waals surface area contributed by atoms with Crippen molar-refractivity contribution in [3.63, 3.8) is 0 Å². The Morgan fingerprint density at radius 3 is 2.58 bits per heavy atom. The Hall–Kier alpha value is -1.80. The number of carbonyl (C=O) groups is 1. The maximum absolute atomic E-state index is 12.6. The van der Waals surface area contributed by atoms with Crippen LogP contribution in [0.15, 0.2) is 23.1 Å². The minimum absolute atomic E-state index is 0.0225. The zero-order valence-electron chi connectivity index (χ0n) is 15.2. The van der Waals surface area contributed by atoms with Crippen LogP contribution < -0.4 is 15.2 Å². The monoisotopic (exact) mass is 382 g/mol. The standard InChI is InChI=1S/C18H26N2O5S/c1-24-16-6-4-13(9-17(16)25-2)26(22,23)8-7-18(21)20-10-12-3-5-15(19)14(12)11-20/h4,6,9,12,14-15H,3,5,7-8,10-11,19H2,1-2H3. The summed E-state index contributed by atoms with van der Waals surface area (Å²) in [5.41, 5.74) is 6.10. The van der Waals surface area contributed by atoms with E-state index in [4.69, 9.17) is 15.2 Å². The first kappa shape index (κ1) is 19.0. The van der Waals surface area contributed by atoms with Crippen molar-refractivity contribution in [3.05, 3.63) is 18.2 Å². The molecule has 2 aliphatic rings. The highest BCUT2D eigenvalue weighted by Crippen LogP contribution is 2.37. The van der Waals surface area contributed by atoms with Crippen LogP contribution in [0, 0.1) is 11.8 Å². The highest BCUT2D eigenvalue weighted by molar-refractivity contribution is 7.91. The van der Waals surface area contributed by atoms with Crippen LogP contribution in [0.4, 0.5) is 0 Å². The number of hydrogen-bond acceptors (Lipinski definition) is 6. The second-order valence-electron chi connectivity index (χ2n) is 7.05. The van der Waals surface area contributed by atoms with Crippen LogP contribution in [-0.2, 0) is 14.6 Å². The Labute approximate surface area is 154 Å². The van der Waals surface area contributed by atoms with Crippen molar-refractivity contribution in [2.75, 3.05) is 33.1 Å². The molecular weight excluding hydrogens is 356 g/mol. The molecule has 1 amide bonds. The zero-order chi connectivity index (χ0) is 18.9. The van der Waals surface area contributed by atoms with E-state index in [1.165, 1.54) is 26.4 Å². The lowest BCUT2D eigenvalue weighted by Crippen LogP contribution is -2.34. The quantitative estimate of drug-likeness (QED) is 0.790. The van der Waals surface area contributed by atoms with E-state index in [9.17, 15) is 13.2 Å². The van der Waals surface area contributed by atoms with Crippen LogP contribution in [-0.4, -0.2) is 58.3 Å². The lowest BCUT2D eigenvalue weighted by atomic mass is 9.98. The molecule has 1 saturated heterocycles. The van der Waals surface area contributed by atoms with Gasteiger partial charge in [0.05, 0.1) is 24.9 Å². The molecule has 26 heavy (non-hydrogen) atoms. The van der Waals surface area contributed by atoms with Gasteiger partial charge in [-0.3, -0.25) is 4.79 Å². The molecule has 3 unspecified atom stereocenters. The smallest absolute Gasteiger partial charge is 0.223 e. The van der Waals surface area contributed by atoms with Crippen molar-refractivity contribution in [1.29, 1.82) is 0 Å². The van der Waals surface area contributed by atoms with Gasteiger partial charge in [0.1, 0.15) is 0 Å². The van der Waals surface area contributed by atoms with Gasteiger partial charge in [-0.15, -0.1) is 0 Å². The lowest BCUT2D eigenvalue weighted by molar-refractivity contribution is -0.130. The van der Waals surface area contributed by atoms with Gasteiger partial charge >= 0.3 is 0 Å². The van der Waals surface area contributed by atoms with E-state index in [-0.39, 0.29) is 29.0 Å². The fourth-order valence-corrected chi connectivity index (χ4v) is 5.26. The molecule has 1 aliphatic carbocycles. The first-order valence-corrected chi connectivity index (χ1v) is 10.5. The minimum Gasteiger partial charge on any atom is -0.493 e.